The zero-order valence-corrected chi connectivity index (χ0v) is 13.0. The number of benzene rings is 1. The van der Waals surface area contributed by atoms with Crippen LogP contribution in [0.1, 0.15) is 40.5 Å². The SMILES string of the molecule is CCC1(CC)Oc2ccc(N)cc2N(C(C)C(C)=O)C1=O. The molecular formula is C16H22N2O3. The molecule has 2 rings (SSSR count). The molecule has 21 heavy (non-hydrogen) atoms. The summed E-state index contributed by atoms with van der Waals surface area (Å²) in [6.45, 7) is 7.05. The predicted octanol–water partition coefficient (Wildman–Crippen LogP) is 2.53. The summed E-state index contributed by atoms with van der Waals surface area (Å²) in [5.41, 5.74) is 6.01. The topological polar surface area (TPSA) is 72.6 Å². The van der Waals surface area contributed by atoms with Crippen molar-refractivity contribution in [2.75, 3.05) is 10.6 Å². The minimum Gasteiger partial charge on any atom is -0.475 e. The highest BCUT2D eigenvalue weighted by Crippen LogP contribution is 2.42. The summed E-state index contributed by atoms with van der Waals surface area (Å²) in [5, 5.41) is 0. The third-order valence-electron chi connectivity index (χ3n) is 4.27. The van der Waals surface area contributed by atoms with Gasteiger partial charge < -0.3 is 10.5 Å². The minimum absolute atomic E-state index is 0.0697. The predicted molar refractivity (Wildman–Crippen MR) is 82.4 cm³/mol. The van der Waals surface area contributed by atoms with Crippen molar-refractivity contribution in [1.82, 2.24) is 0 Å². The molecule has 0 radical (unpaired) electrons. The average molecular weight is 290 g/mol. The number of carbonyl (C=O) groups excluding carboxylic acids is 2. The van der Waals surface area contributed by atoms with Gasteiger partial charge in [-0.1, -0.05) is 13.8 Å². The fraction of sp³-hybridized carbons (Fsp3) is 0.500. The number of ketones is 1. The van der Waals surface area contributed by atoms with Crippen LogP contribution in [0.25, 0.3) is 0 Å². The Morgan fingerprint density at radius 2 is 2.00 bits per heavy atom. The quantitative estimate of drug-likeness (QED) is 0.865. The van der Waals surface area contributed by atoms with E-state index in [9.17, 15) is 9.59 Å². The number of fused-ring (bicyclic) bond motifs is 1. The van der Waals surface area contributed by atoms with Gasteiger partial charge in [0, 0.05) is 5.69 Å². The van der Waals surface area contributed by atoms with Gasteiger partial charge in [0.2, 0.25) is 0 Å². The van der Waals surface area contributed by atoms with Gasteiger partial charge in [0.15, 0.2) is 11.4 Å². The molecule has 0 saturated heterocycles. The average Bonchev–Trinajstić information content (AvgIpc) is 2.46. The Balaban J connectivity index is 2.63. The monoisotopic (exact) mass is 290 g/mol. The summed E-state index contributed by atoms with van der Waals surface area (Å²) in [6.07, 6.45) is 1.10. The van der Waals surface area contributed by atoms with Crippen LogP contribution < -0.4 is 15.4 Å². The van der Waals surface area contributed by atoms with Crippen molar-refractivity contribution in [2.45, 2.75) is 52.2 Å². The van der Waals surface area contributed by atoms with E-state index in [0.717, 1.165) is 0 Å². The number of hydrogen-bond donors (Lipinski definition) is 1. The second-order valence-corrected chi connectivity index (χ2v) is 5.49. The standard InChI is InChI=1S/C16H22N2O3/c1-5-16(6-2)15(20)18(10(3)11(4)19)13-9-12(17)7-8-14(13)21-16/h7-10H,5-6,17H2,1-4H3. The van der Waals surface area contributed by atoms with Gasteiger partial charge in [-0.15, -0.1) is 0 Å². The van der Waals surface area contributed by atoms with Crippen LogP contribution in [0, 0.1) is 0 Å². The number of amides is 1. The largest absolute Gasteiger partial charge is 0.475 e. The molecule has 1 aromatic carbocycles. The normalized spacial score (nSPS) is 17.9. The minimum atomic E-state index is -0.910. The second kappa shape index (κ2) is 5.39. The Morgan fingerprint density at radius 3 is 2.52 bits per heavy atom. The van der Waals surface area contributed by atoms with Crippen molar-refractivity contribution in [2.24, 2.45) is 0 Å². The molecule has 0 bridgehead atoms. The van der Waals surface area contributed by atoms with E-state index in [1.165, 1.54) is 11.8 Å². The van der Waals surface area contributed by atoms with Crippen LogP contribution in [0.5, 0.6) is 5.75 Å². The summed E-state index contributed by atoms with van der Waals surface area (Å²) < 4.78 is 5.99. The van der Waals surface area contributed by atoms with Crippen molar-refractivity contribution in [3.63, 3.8) is 0 Å². The molecule has 1 aliphatic heterocycles. The Bertz CT molecular complexity index is 579. The van der Waals surface area contributed by atoms with Crippen LogP contribution in [-0.2, 0) is 9.59 Å². The highest BCUT2D eigenvalue weighted by Gasteiger charge is 2.47. The summed E-state index contributed by atoms with van der Waals surface area (Å²) in [4.78, 5) is 26.3. The van der Waals surface area contributed by atoms with Crippen LogP contribution in [0.2, 0.25) is 0 Å². The highest BCUT2D eigenvalue weighted by molar-refractivity contribution is 6.07. The van der Waals surface area contributed by atoms with Crippen molar-refractivity contribution < 1.29 is 14.3 Å². The summed E-state index contributed by atoms with van der Waals surface area (Å²) in [5.74, 6) is 0.355. The van der Waals surface area contributed by atoms with E-state index in [4.69, 9.17) is 10.5 Å². The molecule has 1 aromatic rings. The lowest BCUT2D eigenvalue weighted by Gasteiger charge is -2.43. The van der Waals surface area contributed by atoms with Crippen LogP contribution in [0.3, 0.4) is 0 Å². The molecule has 2 N–H and O–H groups in total. The van der Waals surface area contributed by atoms with Gasteiger partial charge in [0.25, 0.3) is 5.91 Å². The summed E-state index contributed by atoms with van der Waals surface area (Å²) >= 11 is 0. The molecule has 1 heterocycles. The maximum absolute atomic E-state index is 12.9. The van der Waals surface area contributed by atoms with Crippen molar-refractivity contribution in [1.29, 1.82) is 0 Å². The molecule has 5 heteroatoms. The molecule has 0 saturated carbocycles. The van der Waals surface area contributed by atoms with E-state index < -0.39 is 11.6 Å². The number of rotatable bonds is 4. The van der Waals surface area contributed by atoms with Crippen LogP contribution in [-0.4, -0.2) is 23.3 Å². The van der Waals surface area contributed by atoms with Crippen molar-refractivity contribution in [3.05, 3.63) is 18.2 Å². The lowest BCUT2D eigenvalue weighted by molar-refractivity contribution is -0.138. The number of Topliss-reactive ketones (excluding diaryl/α,β-unsaturated/α-hetero) is 1. The lowest BCUT2D eigenvalue weighted by Crippen LogP contribution is -2.59. The first-order chi connectivity index (χ1) is 9.86. The van der Waals surface area contributed by atoms with E-state index in [-0.39, 0.29) is 11.7 Å². The van der Waals surface area contributed by atoms with Gasteiger partial charge in [0.1, 0.15) is 5.75 Å². The summed E-state index contributed by atoms with van der Waals surface area (Å²) in [7, 11) is 0. The van der Waals surface area contributed by atoms with E-state index in [0.29, 0.717) is 30.0 Å². The second-order valence-electron chi connectivity index (χ2n) is 5.49. The fourth-order valence-corrected chi connectivity index (χ4v) is 2.66. The Labute approximate surface area is 125 Å². The van der Waals surface area contributed by atoms with Crippen molar-refractivity contribution in [3.8, 4) is 5.75 Å². The third-order valence-corrected chi connectivity index (χ3v) is 4.27. The van der Waals surface area contributed by atoms with Gasteiger partial charge in [0.05, 0.1) is 11.7 Å². The molecule has 1 atom stereocenters. The number of nitrogens with zero attached hydrogens (tertiary/aromatic N) is 1. The van der Waals surface area contributed by atoms with Crippen LogP contribution >= 0.6 is 0 Å². The molecular weight excluding hydrogens is 268 g/mol. The van der Waals surface area contributed by atoms with E-state index in [1.807, 2.05) is 13.8 Å². The number of carbonyl (C=O) groups is 2. The van der Waals surface area contributed by atoms with Crippen LogP contribution in [0.15, 0.2) is 18.2 Å². The first-order valence-electron chi connectivity index (χ1n) is 7.29. The zero-order chi connectivity index (χ0) is 15.8. The maximum atomic E-state index is 12.9. The van der Waals surface area contributed by atoms with Gasteiger partial charge >= 0.3 is 0 Å². The number of nitrogen functional groups attached to an aromatic ring is 1. The Morgan fingerprint density at radius 1 is 1.38 bits per heavy atom. The number of nitrogens with two attached hydrogens (primary N) is 1. The molecule has 114 valence electrons. The molecule has 1 unspecified atom stereocenters. The smallest absolute Gasteiger partial charge is 0.271 e. The van der Waals surface area contributed by atoms with Gasteiger partial charge in [-0.3, -0.25) is 14.5 Å². The number of ether oxygens (including phenoxy) is 1. The highest BCUT2D eigenvalue weighted by atomic mass is 16.5. The first kappa shape index (κ1) is 15.4. The van der Waals surface area contributed by atoms with Crippen molar-refractivity contribution >= 4 is 23.1 Å². The lowest BCUT2D eigenvalue weighted by atomic mass is 9.91. The number of hydrogen-bond acceptors (Lipinski definition) is 4. The molecule has 1 amide bonds. The zero-order valence-electron chi connectivity index (χ0n) is 13.0. The fourth-order valence-electron chi connectivity index (χ4n) is 2.66. The maximum Gasteiger partial charge on any atom is 0.271 e. The Kier molecular flexibility index (Phi) is 3.94. The molecule has 0 fully saturated rings. The van der Waals surface area contributed by atoms with Gasteiger partial charge in [-0.25, -0.2) is 0 Å². The Hall–Kier alpha value is -2.04. The van der Waals surface area contributed by atoms with E-state index in [2.05, 4.69) is 0 Å². The molecule has 5 nitrogen and oxygen atoms in total. The van der Waals surface area contributed by atoms with Crippen LogP contribution in [0.4, 0.5) is 11.4 Å². The van der Waals surface area contributed by atoms with E-state index >= 15 is 0 Å². The molecule has 0 aromatic heterocycles. The molecule has 0 spiro atoms. The number of anilines is 2. The molecule has 0 aliphatic carbocycles. The van der Waals surface area contributed by atoms with Gasteiger partial charge in [-0.05, 0) is 44.9 Å². The van der Waals surface area contributed by atoms with Gasteiger partial charge in [-0.2, -0.15) is 0 Å². The van der Waals surface area contributed by atoms with E-state index in [1.54, 1.807) is 25.1 Å². The summed E-state index contributed by atoms with van der Waals surface area (Å²) in [6, 6.07) is 4.64. The third kappa shape index (κ3) is 2.37. The first-order valence-corrected chi connectivity index (χ1v) is 7.29. The molecule has 1 aliphatic rings.